The number of para-hydroxylation sites is 1. The first-order valence-electron chi connectivity index (χ1n) is 14.2. The van der Waals surface area contributed by atoms with E-state index in [2.05, 4.69) is 5.32 Å². The highest BCUT2D eigenvalue weighted by Crippen LogP contribution is 2.66. The Morgan fingerprint density at radius 2 is 1.55 bits per heavy atom. The summed E-state index contributed by atoms with van der Waals surface area (Å²) >= 11 is 20.6. The maximum Gasteiger partial charge on any atom is 0.253 e. The van der Waals surface area contributed by atoms with E-state index in [1.54, 1.807) is 24.3 Å². The average molecular weight is 651 g/mol. The Morgan fingerprint density at radius 1 is 0.864 bits per heavy atom. The van der Waals surface area contributed by atoms with Gasteiger partial charge >= 0.3 is 0 Å². The third kappa shape index (κ3) is 3.90. The molecule has 3 aromatic carbocycles. The Balaban J connectivity index is 1.28. The summed E-state index contributed by atoms with van der Waals surface area (Å²) in [5.74, 6) is -5.67. The first-order chi connectivity index (χ1) is 21.0. The van der Waals surface area contributed by atoms with Gasteiger partial charge in [-0.25, -0.2) is 0 Å². The summed E-state index contributed by atoms with van der Waals surface area (Å²) in [7, 11) is 1.31. The van der Waals surface area contributed by atoms with E-state index in [-0.39, 0.29) is 35.1 Å². The Hall–Kier alpha value is -3.85. The van der Waals surface area contributed by atoms with E-state index in [4.69, 9.17) is 34.8 Å². The van der Waals surface area contributed by atoms with Crippen molar-refractivity contribution in [3.63, 3.8) is 0 Å². The summed E-state index contributed by atoms with van der Waals surface area (Å²) in [4.78, 5) is 53.4. The third-order valence-electron chi connectivity index (χ3n) is 9.50. The number of fused-ring (bicyclic) bond motifs is 4. The van der Waals surface area contributed by atoms with Gasteiger partial charge in [-0.3, -0.25) is 29.0 Å². The summed E-state index contributed by atoms with van der Waals surface area (Å²) < 4.78 is 0. The molecule has 2 N–H and O–H groups in total. The van der Waals surface area contributed by atoms with Crippen LogP contribution in [0.3, 0.4) is 0 Å². The molecule has 2 heterocycles. The van der Waals surface area contributed by atoms with Crippen LogP contribution in [0.5, 0.6) is 5.75 Å². The lowest BCUT2D eigenvalue weighted by atomic mass is 9.56. The molecule has 0 aromatic heterocycles. The Bertz CT molecular complexity index is 1780. The van der Waals surface area contributed by atoms with Gasteiger partial charge in [0.15, 0.2) is 9.75 Å². The molecule has 0 bridgehead atoms. The molecule has 0 radical (unpaired) electrons. The van der Waals surface area contributed by atoms with Crippen molar-refractivity contribution in [2.45, 2.75) is 28.5 Å². The molecule has 3 fully saturated rings. The molecule has 11 heteroatoms. The molecule has 44 heavy (non-hydrogen) atoms. The van der Waals surface area contributed by atoms with Crippen molar-refractivity contribution >= 4 is 75.5 Å². The molecule has 2 saturated heterocycles. The predicted octanol–water partition coefficient (Wildman–Crippen LogP) is 5.98. The number of anilines is 3. The maximum atomic E-state index is 14.2. The van der Waals surface area contributed by atoms with Gasteiger partial charge in [-0.15, -0.1) is 23.2 Å². The molecule has 2 aliphatic heterocycles. The van der Waals surface area contributed by atoms with Gasteiger partial charge in [0.05, 0.1) is 17.5 Å². The number of phenols is 1. The van der Waals surface area contributed by atoms with E-state index < -0.39 is 51.1 Å². The van der Waals surface area contributed by atoms with Crippen LogP contribution in [0.4, 0.5) is 17.1 Å². The first-order valence-corrected chi connectivity index (χ1v) is 15.3. The molecule has 8 nitrogen and oxygen atoms in total. The molecule has 3 aromatic rings. The quantitative estimate of drug-likeness (QED) is 0.204. The number of hydrogen-bond donors (Lipinski definition) is 2. The van der Waals surface area contributed by atoms with E-state index in [0.29, 0.717) is 11.3 Å². The summed E-state index contributed by atoms with van der Waals surface area (Å²) in [6, 6.07) is 21.0. The van der Waals surface area contributed by atoms with E-state index in [0.717, 1.165) is 16.3 Å². The Morgan fingerprint density at radius 3 is 2.25 bits per heavy atom. The molecule has 7 rings (SSSR count). The molecule has 4 amide bonds. The fourth-order valence-corrected chi connectivity index (χ4v) is 8.67. The van der Waals surface area contributed by atoms with Crippen molar-refractivity contribution in [1.82, 2.24) is 4.90 Å². The second kappa shape index (κ2) is 10.1. The molecular weight excluding hydrogens is 625 g/mol. The van der Waals surface area contributed by atoms with Crippen LogP contribution in [0.15, 0.2) is 84.4 Å². The number of amides is 4. The number of aromatic hydroxyl groups is 1. The van der Waals surface area contributed by atoms with Crippen molar-refractivity contribution in [2.75, 3.05) is 17.3 Å². The number of nitrogens with zero attached hydrogens (tertiary/aromatic N) is 2. The van der Waals surface area contributed by atoms with Crippen molar-refractivity contribution < 1.29 is 24.3 Å². The fourth-order valence-electron chi connectivity index (χ4n) is 7.48. The van der Waals surface area contributed by atoms with E-state index >= 15 is 0 Å². The van der Waals surface area contributed by atoms with Gasteiger partial charge in [-0.05, 0) is 73.4 Å². The molecule has 2 aliphatic carbocycles. The van der Waals surface area contributed by atoms with Gasteiger partial charge in [-0.1, -0.05) is 41.4 Å². The zero-order valence-electron chi connectivity index (χ0n) is 23.3. The highest BCUT2D eigenvalue weighted by Gasteiger charge is 2.76. The minimum absolute atomic E-state index is 0.134. The monoisotopic (exact) mass is 649 g/mol. The zero-order chi connectivity index (χ0) is 31.1. The highest BCUT2D eigenvalue weighted by molar-refractivity contribution is 6.53. The number of imide groups is 2. The number of likely N-dealkylation sites (tertiary alicyclic amines) is 1. The number of benzene rings is 3. The average Bonchev–Trinajstić information content (AvgIpc) is 3.34. The smallest absolute Gasteiger partial charge is 0.253 e. The topological polar surface area (TPSA) is 107 Å². The van der Waals surface area contributed by atoms with Crippen LogP contribution in [0.1, 0.15) is 24.3 Å². The van der Waals surface area contributed by atoms with Crippen molar-refractivity contribution in [1.29, 1.82) is 0 Å². The Labute approximate surface area is 268 Å². The minimum Gasteiger partial charge on any atom is -0.508 e. The molecular formula is C33H26Cl3N3O5. The largest absolute Gasteiger partial charge is 0.508 e. The molecule has 1 saturated carbocycles. The van der Waals surface area contributed by atoms with Crippen LogP contribution < -0.4 is 10.2 Å². The lowest BCUT2D eigenvalue weighted by molar-refractivity contribution is -0.138. The van der Waals surface area contributed by atoms with Crippen LogP contribution >= 0.6 is 34.8 Å². The molecule has 6 unspecified atom stereocenters. The van der Waals surface area contributed by atoms with Crippen LogP contribution in [-0.4, -0.2) is 50.4 Å². The van der Waals surface area contributed by atoms with E-state index in [1.165, 1.54) is 30.1 Å². The van der Waals surface area contributed by atoms with E-state index in [9.17, 15) is 24.3 Å². The highest BCUT2D eigenvalue weighted by atomic mass is 35.5. The van der Waals surface area contributed by atoms with Crippen LogP contribution in [0, 0.1) is 17.8 Å². The lowest BCUT2D eigenvalue weighted by Gasteiger charge is -2.50. The molecule has 0 spiro atoms. The van der Waals surface area contributed by atoms with Crippen LogP contribution in [0.2, 0.25) is 5.02 Å². The summed E-state index contributed by atoms with van der Waals surface area (Å²) in [6.45, 7) is 0. The zero-order valence-corrected chi connectivity index (χ0v) is 25.6. The number of carbonyl (C=O) groups is 4. The van der Waals surface area contributed by atoms with Gasteiger partial charge in [0.1, 0.15) is 5.75 Å². The number of phenolic OH excluding ortho intramolecular Hbond substituents is 1. The number of hydrogen-bond acceptors (Lipinski definition) is 6. The van der Waals surface area contributed by atoms with Crippen molar-refractivity contribution in [3.8, 4) is 5.75 Å². The second-order valence-electron chi connectivity index (χ2n) is 11.8. The van der Waals surface area contributed by atoms with Crippen LogP contribution in [-0.2, 0) is 19.2 Å². The number of nitrogens with one attached hydrogen (secondary N) is 1. The van der Waals surface area contributed by atoms with Gasteiger partial charge in [0.25, 0.3) is 11.8 Å². The third-order valence-corrected chi connectivity index (χ3v) is 11.2. The van der Waals surface area contributed by atoms with Gasteiger partial charge < -0.3 is 10.4 Å². The molecule has 4 aliphatic rings. The normalized spacial score (nSPS) is 31.0. The number of alkyl halides is 2. The van der Waals surface area contributed by atoms with Gasteiger partial charge in [-0.2, -0.15) is 0 Å². The number of rotatable bonds is 4. The molecule has 224 valence electrons. The van der Waals surface area contributed by atoms with Crippen molar-refractivity contribution in [2.24, 2.45) is 17.8 Å². The maximum absolute atomic E-state index is 14.2. The summed E-state index contributed by atoms with van der Waals surface area (Å²) in [5.41, 5.74) is 2.91. The van der Waals surface area contributed by atoms with Crippen LogP contribution in [0.25, 0.3) is 0 Å². The number of halogens is 3. The van der Waals surface area contributed by atoms with Crippen molar-refractivity contribution in [3.05, 3.63) is 95.0 Å². The van der Waals surface area contributed by atoms with Gasteiger partial charge in [0.2, 0.25) is 11.8 Å². The number of carbonyl (C=O) groups excluding carboxylic acids is 4. The second-order valence-corrected chi connectivity index (χ2v) is 13.4. The Kier molecular flexibility index (Phi) is 6.63. The number of allylic oxidation sites excluding steroid dienone is 2. The SMILES string of the molecule is CN1C(=O)C2(Cl)CC3C(=CCC4C(=O)N(c5ccc(Nc6ccccc6)cc5)C(=O)C43)C(c3cc(Cl)ccc3O)C2(Cl)C1=O. The summed E-state index contributed by atoms with van der Waals surface area (Å²) in [6.07, 6.45) is 1.89. The summed E-state index contributed by atoms with van der Waals surface area (Å²) in [5, 5.41) is 14.5. The minimum atomic E-state index is -2.00. The molecule has 6 atom stereocenters. The standard InChI is InChI=1S/C33H26Cl3N3O5/c1-38-30(43)32(35)16-24-21(27(33(32,36)31(38)44)23-15-17(34)7-14-25(23)40)12-13-22-26(24)29(42)39(28(22)41)20-10-8-19(9-11-20)37-18-5-3-2-4-6-18/h2-12,14-15,22,24,26-27,37,40H,13,16H2,1H3. The lowest BCUT2D eigenvalue weighted by Crippen LogP contribution is -2.60. The van der Waals surface area contributed by atoms with Gasteiger partial charge in [0, 0.05) is 34.9 Å². The first kappa shape index (κ1) is 28.9. The fraction of sp³-hybridized carbons (Fsp3) is 0.273. The van der Waals surface area contributed by atoms with E-state index in [1.807, 2.05) is 36.4 Å². The predicted molar refractivity (Wildman–Crippen MR) is 167 cm³/mol.